The SMILES string of the molecule is O=C(c1ccncc1)N1CCCCCc2cc(Cl)ccc2OC[C@@H](O)[C@@H](O)CC1. The summed E-state index contributed by atoms with van der Waals surface area (Å²) in [7, 11) is 0. The molecule has 0 fully saturated rings. The van der Waals surface area contributed by atoms with Crippen molar-refractivity contribution in [3.05, 3.63) is 58.9 Å². The lowest BCUT2D eigenvalue weighted by Crippen LogP contribution is -2.38. The van der Waals surface area contributed by atoms with Gasteiger partial charge in [0.1, 0.15) is 18.5 Å². The van der Waals surface area contributed by atoms with Gasteiger partial charge in [-0.3, -0.25) is 9.78 Å². The Morgan fingerprint density at radius 3 is 2.66 bits per heavy atom. The normalized spacial score (nSPS) is 21.6. The van der Waals surface area contributed by atoms with Crippen LogP contribution in [0.15, 0.2) is 42.7 Å². The number of benzene rings is 1. The van der Waals surface area contributed by atoms with Crippen molar-refractivity contribution in [1.82, 2.24) is 9.88 Å². The summed E-state index contributed by atoms with van der Waals surface area (Å²) in [4.78, 5) is 18.5. The van der Waals surface area contributed by atoms with E-state index in [1.807, 2.05) is 6.07 Å². The van der Waals surface area contributed by atoms with Crippen molar-refractivity contribution in [1.29, 1.82) is 0 Å². The minimum Gasteiger partial charge on any atom is -0.491 e. The van der Waals surface area contributed by atoms with Gasteiger partial charge in [0, 0.05) is 36.1 Å². The molecule has 7 heteroatoms. The number of rotatable bonds is 1. The molecule has 0 saturated heterocycles. The Hall–Kier alpha value is -2.15. The Balaban J connectivity index is 1.72. The smallest absolute Gasteiger partial charge is 0.253 e. The highest BCUT2D eigenvalue weighted by Crippen LogP contribution is 2.25. The van der Waals surface area contributed by atoms with Crippen LogP contribution in [0.3, 0.4) is 0 Å². The largest absolute Gasteiger partial charge is 0.491 e. The van der Waals surface area contributed by atoms with Gasteiger partial charge >= 0.3 is 0 Å². The molecule has 156 valence electrons. The van der Waals surface area contributed by atoms with Gasteiger partial charge < -0.3 is 19.8 Å². The zero-order chi connectivity index (χ0) is 20.6. The lowest BCUT2D eigenvalue weighted by molar-refractivity contribution is -0.0153. The van der Waals surface area contributed by atoms with Gasteiger partial charge in [0.25, 0.3) is 5.91 Å². The molecule has 0 spiro atoms. The minimum absolute atomic E-state index is 0.0197. The summed E-state index contributed by atoms with van der Waals surface area (Å²) in [5.41, 5.74) is 1.56. The molecule has 0 saturated carbocycles. The molecule has 3 rings (SSSR count). The molecule has 2 N–H and O–H groups in total. The lowest BCUT2D eigenvalue weighted by atomic mass is 10.0. The van der Waals surface area contributed by atoms with Crippen molar-refractivity contribution in [2.24, 2.45) is 0 Å². The number of halogens is 1. The Morgan fingerprint density at radius 1 is 1.07 bits per heavy atom. The fourth-order valence-electron chi connectivity index (χ4n) is 3.44. The molecular weight excluding hydrogens is 392 g/mol. The summed E-state index contributed by atoms with van der Waals surface area (Å²) in [6.45, 7) is 0.947. The number of aliphatic hydroxyl groups is 2. The van der Waals surface area contributed by atoms with Crippen LogP contribution < -0.4 is 4.74 Å². The van der Waals surface area contributed by atoms with Crippen molar-refractivity contribution in [2.45, 2.75) is 44.3 Å². The van der Waals surface area contributed by atoms with E-state index in [9.17, 15) is 15.0 Å². The molecular formula is C22H27ClN2O4. The van der Waals surface area contributed by atoms with Gasteiger partial charge in [0.05, 0.1) is 6.10 Å². The zero-order valence-corrected chi connectivity index (χ0v) is 17.1. The van der Waals surface area contributed by atoms with Gasteiger partial charge in [-0.25, -0.2) is 0 Å². The first-order chi connectivity index (χ1) is 14.0. The van der Waals surface area contributed by atoms with Crippen molar-refractivity contribution in [2.75, 3.05) is 19.7 Å². The van der Waals surface area contributed by atoms with Gasteiger partial charge in [-0.2, -0.15) is 0 Å². The second kappa shape index (κ2) is 10.6. The molecule has 6 nitrogen and oxygen atoms in total. The van der Waals surface area contributed by atoms with Crippen LogP contribution in [0.4, 0.5) is 0 Å². The fourth-order valence-corrected chi connectivity index (χ4v) is 3.63. The molecule has 1 aliphatic rings. The molecule has 29 heavy (non-hydrogen) atoms. The molecule has 1 aromatic heterocycles. The number of aliphatic hydroxyl groups excluding tert-OH is 2. The second-order valence-electron chi connectivity index (χ2n) is 7.33. The van der Waals surface area contributed by atoms with Crippen LogP contribution in [-0.4, -0.2) is 57.9 Å². The first kappa shape index (κ1) is 21.6. The number of ether oxygens (including phenoxy) is 1. The maximum atomic E-state index is 12.8. The molecule has 1 aromatic carbocycles. The Labute approximate surface area is 176 Å². The quantitative estimate of drug-likeness (QED) is 0.743. The standard InChI is InChI=1S/C22H27ClN2O4/c23-18-5-6-21-17(14-18)4-2-1-3-12-25(13-9-19(26)20(27)15-29-21)22(28)16-7-10-24-11-8-16/h5-8,10-11,14,19-20,26-27H,1-4,9,12-13,15H2/t19-,20+/m0/s1. The highest BCUT2D eigenvalue weighted by Gasteiger charge is 2.22. The van der Waals surface area contributed by atoms with E-state index in [0.717, 1.165) is 31.2 Å². The maximum Gasteiger partial charge on any atom is 0.253 e. The number of aryl methyl sites for hydroxylation is 1. The van der Waals surface area contributed by atoms with Crippen LogP contribution in [0.1, 0.15) is 41.6 Å². The van der Waals surface area contributed by atoms with Crippen LogP contribution >= 0.6 is 11.6 Å². The van der Waals surface area contributed by atoms with Crippen molar-refractivity contribution < 1.29 is 19.7 Å². The van der Waals surface area contributed by atoms with E-state index < -0.39 is 12.2 Å². The predicted molar refractivity (Wildman–Crippen MR) is 111 cm³/mol. The average molecular weight is 419 g/mol. The Morgan fingerprint density at radius 2 is 1.86 bits per heavy atom. The monoisotopic (exact) mass is 418 g/mol. The summed E-state index contributed by atoms with van der Waals surface area (Å²) >= 11 is 6.12. The third-order valence-corrected chi connectivity index (χ3v) is 5.39. The van der Waals surface area contributed by atoms with Gasteiger partial charge in [-0.1, -0.05) is 18.0 Å². The van der Waals surface area contributed by atoms with Gasteiger partial charge in [0.15, 0.2) is 0 Å². The van der Waals surface area contributed by atoms with E-state index in [1.54, 1.807) is 41.6 Å². The third kappa shape index (κ3) is 6.16. The van der Waals surface area contributed by atoms with E-state index in [4.69, 9.17) is 16.3 Å². The molecule has 1 aliphatic heterocycles. The highest BCUT2D eigenvalue weighted by molar-refractivity contribution is 6.30. The van der Waals surface area contributed by atoms with Gasteiger partial charge in [-0.05, 0) is 61.6 Å². The Kier molecular flexibility index (Phi) is 7.86. The number of nitrogens with zero attached hydrogens (tertiary/aromatic N) is 2. The van der Waals surface area contributed by atoms with Crippen molar-refractivity contribution >= 4 is 17.5 Å². The fraction of sp³-hybridized carbons (Fsp3) is 0.455. The van der Waals surface area contributed by atoms with Crippen LogP contribution in [0, 0.1) is 0 Å². The molecule has 0 aliphatic carbocycles. The summed E-state index contributed by atoms with van der Waals surface area (Å²) in [5, 5.41) is 21.3. The Bertz CT molecular complexity index is 803. The lowest BCUT2D eigenvalue weighted by Gasteiger charge is -2.26. The number of amides is 1. The van der Waals surface area contributed by atoms with Crippen molar-refractivity contribution in [3.63, 3.8) is 0 Å². The first-order valence-electron chi connectivity index (χ1n) is 10.0. The average Bonchev–Trinajstić information content (AvgIpc) is 2.74. The summed E-state index contributed by atoms with van der Waals surface area (Å²) in [6.07, 6.45) is 4.98. The minimum atomic E-state index is -1.04. The first-order valence-corrected chi connectivity index (χ1v) is 10.4. The van der Waals surface area contributed by atoms with Gasteiger partial charge in [-0.15, -0.1) is 0 Å². The number of fused-ring (bicyclic) bond motifs is 1. The number of pyridine rings is 1. The molecule has 0 bridgehead atoms. The van der Waals surface area contributed by atoms with Crippen LogP contribution in [0.25, 0.3) is 0 Å². The topological polar surface area (TPSA) is 82.9 Å². The van der Waals surface area contributed by atoms with Crippen molar-refractivity contribution in [3.8, 4) is 5.75 Å². The third-order valence-electron chi connectivity index (χ3n) is 5.16. The maximum absolute atomic E-state index is 12.8. The number of hydrogen-bond donors (Lipinski definition) is 2. The number of carbonyl (C=O) groups excluding carboxylic acids is 1. The van der Waals surface area contributed by atoms with E-state index in [1.165, 1.54) is 0 Å². The molecule has 2 aromatic rings. The molecule has 2 atom stereocenters. The number of aromatic nitrogens is 1. The predicted octanol–water partition coefficient (Wildman–Crippen LogP) is 3.09. The molecule has 0 radical (unpaired) electrons. The van der Waals surface area contributed by atoms with E-state index in [2.05, 4.69) is 4.98 Å². The molecule has 1 amide bonds. The van der Waals surface area contributed by atoms with Crippen LogP contribution in [0.5, 0.6) is 5.75 Å². The van der Waals surface area contributed by atoms with Gasteiger partial charge in [0.2, 0.25) is 0 Å². The summed E-state index contributed by atoms with van der Waals surface area (Å²) in [5.74, 6) is 0.599. The highest BCUT2D eigenvalue weighted by atomic mass is 35.5. The molecule has 0 unspecified atom stereocenters. The van der Waals surface area contributed by atoms with E-state index in [-0.39, 0.29) is 18.9 Å². The zero-order valence-electron chi connectivity index (χ0n) is 16.3. The van der Waals surface area contributed by atoms with Crippen LogP contribution in [-0.2, 0) is 6.42 Å². The summed E-state index contributed by atoms with van der Waals surface area (Å²) in [6, 6.07) is 8.82. The van der Waals surface area contributed by atoms with E-state index in [0.29, 0.717) is 29.4 Å². The number of hydrogen-bond acceptors (Lipinski definition) is 5. The van der Waals surface area contributed by atoms with E-state index >= 15 is 0 Å². The van der Waals surface area contributed by atoms with Crippen LogP contribution in [0.2, 0.25) is 5.02 Å². The number of carbonyl (C=O) groups is 1. The summed E-state index contributed by atoms with van der Waals surface area (Å²) < 4.78 is 5.76. The second-order valence-corrected chi connectivity index (χ2v) is 7.76. The molecule has 2 heterocycles.